The van der Waals surface area contributed by atoms with E-state index in [1.54, 1.807) is 0 Å². The Kier molecular flexibility index (Phi) is 6.36. The van der Waals surface area contributed by atoms with Crippen molar-refractivity contribution in [2.75, 3.05) is 12.4 Å². The Morgan fingerprint density at radius 3 is 2.59 bits per heavy atom. The lowest BCUT2D eigenvalue weighted by molar-refractivity contribution is -0.0346. The molecule has 1 nitrogen and oxygen atoms in total. The minimum Gasteiger partial charge on any atom is -0.378 e. The molecule has 0 heterocycles. The molecule has 0 saturated heterocycles. The molecule has 1 fully saturated rings. The highest BCUT2D eigenvalue weighted by Gasteiger charge is 2.32. The first-order valence-electron chi connectivity index (χ1n) is 7.19. The standard InChI is InChI=1S/C15H30OS/c1-5-6-13(11-17)10-16-14-7-12(2)8-15(3,4)9-14/h12-14,17H,5-11H2,1-4H3. The van der Waals surface area contributed by atoms with Gasteiger partial charge < -0.3 is 4.74 Å². The van der Waals surface area contributed by atoms with Gasteiger partial charge in [-0.05, 0) is 48.7 Å². The van der Waals surface area contributed by atoms with Crippen LogP contribution in [-0.2, 0) is 4.74 Å². The van der Waals surface area contributed by atoms with Gasteiger partial charge in [0.05, 0.1) is 12.7 Å². The molecule has 17 heavy (non-hydrogen) atoms. The van der Waals surface area contributed by atoms with E-state index in [4.69, 9.17) is 4.74 Å². The van der Waals surface area contributed by atoms with Gasteiger partial charge in [0, 0.05) is 0 Å². The SMILES string of the molecule is CCCC(CS)COC1CC(C)CC(C)(C)C1. The number of ether oxygens (including phenoxy) is 1. The van der Waals surface area contributed by atoms with Crippen molar-refractivity contribution in [1.82, 2.24) is 0 Å². The Bertz CT molecular complexity index is 215. The first-order valence-corrected chi connectivity index (χ1v) is 7.82. The summed E-state index contributed by atoms with van der Waals surface area (Å²) < 4.78 is 6.15. The maximum atomic E-state index is 6.15. The quantitative estimate of drug-likeness (QED) is 0.687. The Hall–Kier alpha value is 0.310. The molecule has 1 aliphatic rings. The molecule has 0 aromatic heterocycles. The summed E-state index contributed by atoms with van der Waals surface area (Å²) in [5.74, 6) is 2.41. The van der Waals surface area contributed by atoms with Gasteiger partial charge in [-0.3, -0.25) is 0 Å². The zero-order valence-electron chi connectivity index (χ0n) is 12.0. The maximum Gasteiger partial charge on any atom is 0.0582 e. The summed E-state index contributed by atoms with van der Waals surface area (Å²) in [6.45, 7) is 10.3. The second kappa shape index (κ2) is 7.04. The van der Waals surface area contributed by atoms with E-state index < -0.39 is 0 Å². The van der Waals surface area contributed by atoms with Crippen LogP contribution in [0.15, 0.2) is 0 Å². The smallest absolute Gasteiger partial charge is 0.0582 e. The van der Waals surface area contributed by atoms with E-state index in [1.807, 2.05) is 0 Å². The molecular weight excluding hydrogens is 228 g/mol. The van der Waals surface area contributed by atoms with Gasteiger partial charge >= 0.3 is 0 Å². The molecule has 1 saturated carbocycles. The fraction of sp³-hybridized carbons (Fsp3) is 1.00. The average Bonchev–Trinajstić information content (AvgIpc) is 2.21. The summed E-state index contributed by atoms with van der Waals surface area (Å²) in [6.07, 6.45) is 6.78. The van der Waals surface area contributed by atoms with E-state index in [0.29, 0.717) is 17.4 Å². The predicted octanol–water partition coefficient (Wildman–Crippen LogP) is 4.56. The van der Waals surface area contributed by atoms with Crippen LogP contribution in [0.5, 0.6) is 0 Å². The summed E-state index contributed by atoms with van der Waals surface area (Å²) in [4.78, 5) is 0. The number of hydrogen-bond acceptors (Lipinski definition) is 2. The summed E-state index contributed by atoms with van der Waals surface area (Å²) in [6, 6.07) is 0. The van der Waals surface area contributed by atoms with Crippen molar-refractivity contribution < 1.29 is 4.74 Å². The molecule has 0 aromatic rings. The normalized spacial score (nSPS) is 30.2. The number of rotatable bonds is 6. The van der Waals surface area contributed by atoms with Crippen molar-refractivity contribution in [2.45, 2.75) is 65.9 Å². The van der Waals surface area contributed by atoms with Gasteiger partial charge in [0.25, 0.3) is 0 Å². The second-order valence-electron chi connectivity index (χ2n) is 6.71. The van der Waals surface area contributed by atoms with Gasteiger partial charge in [-0.1, -0.05) is 34.1 Å². The lowest BCUT2D eigenvalue weighted by Gasteiger charge is -2.39. The first kappa shape index (κ1) is 15.4. The zero-order chi connectivity index (χ0) is 12.9. The van der Waals surface area contributed by atoms with Crippen LogP contribution in [-0.4, -0.2) is 18.5 Å². The molecule has 1 aliphatic carbocycles. The highest BCUT2D eigenvalue weighted by Crippen LogP contribution is 2.39. The highest BCUT2D eigenvalue weighted by molar-refractivity contribution is 7.80. The van der Waals surface area contributed by atoms with Gasteiger partial charge in [-0.15, -0.1) is 0 Å². The third-order valence-electron chi connectivity index (χ3n) is 3.87. The Morgan fingerprint density at radius 2 is 2.06 bits per heavy atom. The third kappa shape index (κ3) is 5.65. The molecule has 102 valence electrons. The largest absolute Gasteiger partial charge is 0.378 e. The molecule has 0 bridgehead atoms. The fourth-order valence-corrected chi connectivity index (χ4v) is 3.58. The van der Waals surface area contributed by atoms with E-state index in [1.165, 1.54) is 32.1 Å². The molecule has 1 rings (SSSR count). The fourth-order valence-electron chi connectivity index (χ4n) is 3.29. The van der Waals surface area contributed by atoms with Crippen LogP contribution >= 0.6 is 12.6 Å². The van der Waals surface area contributed by atoms with Gasteiger partial charge in [0.15, 0.2) is 0 Å². The molecule has 0 amide bonds. The zero-order valence-corrected chi connectivity index (χ0v) is 12.9. The van der Waals surface area contributed by atoms with Gasteiger partial charge in [0.1, 0.15) is 0 Å². The first-order chi connectivity index (χ1) is 7.96. The van der Waals surface area contributed by atoms with Crippen LogP contribution in [0.2, 0.25) is 0 Å². The van der Waals surface area contributed by atoms with Crippen LogP contribution in [0.4, 0.5) is 0 Å². The van der Waals surface area contributed by atoms with Gasteiger partial charge in [0.2, 0.25) is 0 Å². The molecule has 0 aromatic carbocycles. The van der Waals surface area contributed by atoms with Crippen molar-refractivity contribution in [1.29, 1.82) is 0 Å². The van der Waals surface area contributed by atoms with Gasteiger partial charge in [-0.2, -0.15) is 12.6 Å². The van der Waals surface area contributed by atoms with Crippen molar-refractivity contribution in [2.24, 2.45) is 17.3 Å². The molecule has 0 N–H and O–H groups in total. The molecule has 3 atom stereocenters. The van der Waals surface area contributed by atoms with E-state index >= 15 is 0 Å². The number of hydrogen-bond donors (Lipinski definition) is 1. The van der Waals surface area contributed by atoms with Crippen molar-refractivity contribution >= 4 is 12.6 Å². The molecular formula is C15H30OS. The third-order valence-corrected chi connectivity index (χ3v) is 4.39. The maximum absolute atomic E-state index is 6.15. The van der Waals surface area contributed by atoms with E-state index in [-0.39, 0.29) is 0 Å². The second-order valence-corrected chi connectivity index (χ2v) is 7.07. The molecule has 3 unspecified atom stereocenters. The Labute approximate surface area is 113 Å². The molecule has 0 radical (unpaired) electrons. The van der Waals surface area contributed by atoms with Crippen molar-refractivity contribution in [3.63, 3.8) is 0 Å². The summed E-state index contributed by atoms with van der Waals surface area (Å²) in [5, 5.41) is 0. The molecule has 0 spiro atoms. The van der Waals surface area contributed by atoms with Crippen LogP contribution in [0, 0.1) is 17.3 Å². The summed E-state index contributed by atoms with van der Waals surface area (Å²) in [7, 11) is 0. The van der Waals surface area contributed by atoms with Gasteiger partial charge in [-0.25, -0.2) is 0 Å². The minimum absolute atomic E-state index is 0.462. The van der Waals surface area contributed by atoms with Crippen LogP contribution < -0.4 is 0 Å². The Morgan fingerprint density at radius 1 is 1.35 bits per heavy atom. The average molecular weight is 258 g/mol. The lowest BCUT2D eigenvalue weighted by atomic mass is 9.71. The van der Waals surface area contributed by atoms with Crippen molar-refractivity contribution in [3.05, 3.63) is 0 Å². The molecule has 2 heteroatoms. The van der Waals surface area contributed by atoms with E-state index in [2.05, 4.69) is 40.3 Å². The summed E-state index contributed by atoms with van der Waals surface area (Å²) in [5.41, 5.74) is 0.462. The topological polar surface area (TPSA) is 9.23 Å². The Balaban J connectivity index is 2.35. The highest BCUT2D eigenvalue weighted by atomic mass is 32.1. The van der Waals surface area contributed by atoms with Crippen LogP contribution in [0.3, 0.4) is 0 Å². The van der Waals surface area contributed by atoms with Crippen molar-refractivity contribution in [3.8, 4) is 0 Å². The molecule has 0 aliphatic heterocycles. The minimum atomic E-state index is 0.462. The lowest BCUT2D eigenvalue weighted by Crippen LogP contribution is -2.33. The van der Waals surface area contributed by atoms with E-state index in [9.17, 15) is 0 Å². The van der Waals surface area contributed by atoms with Crippen LogP contribution in [0.1, 0.15) is 59.8 Å². The summed E-state index contributed by atoms with van der Waals surface area (Å²) >= 11 is 4.42. The van der Waals surface area contributed by atoms with E-state index in [0.717, 1.165) is 18.3 Å². The monoisotopic (exact) mass is 258 g/mol. The number of thiol groups is 1. The van der Waals surface area contributed by atoms with Crippen LogP contribution in [0.25, 0.3) is 0 Å². The predicted molar refractivity (Wildman–Crippen MR) is 78.8 cm³/mol.